The molecule has 3 rings (SSSR count). The van der Waals surface area contributed by atoms with Gasteiger partial charge in [0.05, 0.1) is 0 Å². The SMILES string of the molecule is COCCCCCN1CCc2c(cccc2NC(=O)Nc2ccc(C)cc2)C1. The number of unbranched alkanes of at least 4 members (excludes halogenated alkanes) is 2. The number of rotatable bonds is 8. The van der Waals surface area contributed by atoms with Crippen LogP contribution in [-0.4, -0.2) is 37.7 Å². The highest BCUT2D eigenvalue weighted by molar-refractivity contribution is 6.00. The first-order valence-corrected chi connectivity index (χ1v) is 10.1. The summed E-state index contributed by atoms with van der Waals surface area (Å²) in [6, 6.07) is 13.8. The third-order valence-corrected chi connectivity index (χ3v) is 5.23. The van der Waals surface area contributed by atoms with Crippen molar-refractivity contribution in [2.24, 2.45) is 0 Å². The quantitative estimate of drug-likeness (QED) is 0.645. The number of urea groups is 1. The van der Waals surface area contributed by atoms with Gasteiger partial charge in [-0.15, -0.1) is 0 Å². The van der Waals surface area contributed by atoms with Crippen molar-refractivity contribution in [1.82, 2.24) is 4.90 Å². The van der Waals surface area contributed by atoms with Crippen molar-refractivity contribution in [1.29, 1.82) is 0 Å². The standard InChI is InChI=1S/C23H31N3O2/c1-18-9-11-20(12-10-18)24-23(27)25-22-8-6-7-19-17-26(15-13-21(19)22)14-4-3-5-16-28-2/h6-12H,3-5,13-17H2,1-2H3,(H2,24,25,27). The molecule has 0 saturated carbocycles. The molecule has 1 aliphatic heterocycles. The van der Waals surface area contributed by atoms with Gasteiger partial charge in [-0.25, -0.2) is 4.79 Å². The van der Waals surface area contributed by atoms with Crippen molar-refractivity contribution in [2.45, 2.75) is 39.2 Å². The minimum absolute atomic E-state index is 0.196. The van der Waals surface area contributed by atoms with E-state index in [0.717, 1.165) is 50.5 Å². The molecule has 0 bridgehead atoms. The lowest BCUT2D eigenvalue weighted by atomic mass is 9.97. The van der Waals surface area contributed by atoms with Gasteiger partial charge >= 0.3 is 6.03 Å². The van der Waals surface area contributed by atoms with Crippen molar-refractivity contribution in [3.8, 4) is 0 Å². The highest BCUT2D eigenvalue weighted by Crippen LogP contribution is 2.26. The molecule has 2 aromatic carbocycles. The van der Waals surface area contributed by atoms with Crippen LogP contribution in [0.2, 0.25) is 0 Å². The first-order chi connectivity index (χ1) is 13.7. The zero-order chi connectivity index (χ0) is 19.8. The van der Waals surface area contributed by atoms with E-state index in [9.17, 15) is 4.79 Å². The first kappa shape index (κ1) is 20.4. The summed E-state index contributed by atoms with van der Waals surface area (Å²) in [5.74, 6) is 0. The average Bonchev–Trinajstić information content (AvgIpc) is 2.69. The third kappa shape index (κ3) is 5.81. The van der Waals surface area contributed by atoms with E-state index in [-0.39, 0.29) is 6.03 Å². The van der Waals surface area contributed by atoms with Gasteiger partial charge in [-0.3, -0.25) is 4.90 Å². The Bertz CT molecular complexity index is 774. The molecule has 0 saturated heterocycles. The van der Waals surface area contributed by atoms with Gasteiger partial charge in [-0.2, -0.15) is 0 Å². The zero-order valence-corrected chi connectivity index (χ0v) is 17.0. The van der Waals surface area contributed by atoms with Crippen LogP contribution in [0.4, 0.5) is 16.2 Å². The van der Waals surface area contributed by atoms with Gasteiger partial charge in [-0.05, 0) is 68.5 Å². The second-order valence-corrected chi connectivity index (χ2v) is 7.47. The minimum atomic E-state index is -0.196. The number of hydrogen-bond acceptors (Lipinski definition) is 3. The van der Waals surface area contributed by atoms with Gasteiger partial charge in [0.1, 0.15) is 0 Å². The molecule has 0 unspecified atom stereocenters. The predicted molar refractivity (Wildman–Crippen MR) is 115 cm³/mol. The molecule has 150 valence electrons. The van der Waals surface area contributed by atoms with Gasteiger partial charge in [0, 0.05) is 38.2 Å². The van der Waals surface area contributed by atoms with Gasteiger partial charge in [0.2, 0.25) is 0 Å². The lowest BCUT2D eigenvalue weighted by Gasteiger charge is -2.30. The summed E-state index contributed by atoms with van der Waals surface area (Å²) in [6.07, 6.45) is 4.51. The molecule has 28 heavy (non-hydrogen) atoms. The molecule has 1 heterocycles. The Labute approximate surface area is 168 Å². The number of nitrogens with zero attached hydrogens (tertiary/aromatic N) is 1. The molecule has 2 N–H and O–H groups in total. The Morgan fingerprint density at radius 2 is 1.89 bits per heavy atom. The summed E-state index contributed by atoms with van der Waals surface area (Å²) in [5.41, 5.74) is 5.47. The molecule has 5 heteroatoms. The highest BCUT2D eigenvalue weighted by Gasteiger charge is 2.19. The fourth-order valence-electron chi connectivity index (χ4n) is 3.66. The van der Waals surface area contributed by atoms with Gasteiger partial charge in [0.25, 0.3) is 0 Å². The van der Waals surface area contributed by atoms with Crippen molar-refractivity contribution >= 4 is 17.4 Å². The van der Waals surface area contributed by atoms with E-state index >= 15 is 0 Å². The molecule has 0 aliphatic carbocycles. The van der Waals surface area contributed by atoms with Crippen LogP contribution in [0.5, 0.6) is 0 Å². The van der Waals surface area contributed by atoms with Crippen LogP contribution in [0.1, 0.15) is 36.0 Å². The molecular formula is C23H31N3O2. The lowest BCUT2D eigenvalue weighted by molar-refractivity contribution is 0.187. The largest absolute Gasteiger partial charge is 0.385 e. The van der Waals surface area contributed by atoms with Gasteiger partial charge < -0.3 is 15.4 Å². The van der Waals surface area contributed by atoms with Crippen LogP contribution in [0.15, 0.2) is 42.5 Å². The number of ether oxygens (including phenoxy) is 1. The number of fused-ring (bicyclic) bond motifs is 1. The maximum Gasteiger partial charge on any atom is 0.323 e. The minimum Gasteiger partial charge on any atom is -0.385 e. The lowest BCUT2D eigenvalue weighted by Crippen LogP contribution is -2.32. The van der Waals surface area contributed by atoms with E-state index in [1.807, 2.05) is 43.3 Å². The smallest absolute Gasteiger partial charge is 0.323 e. The molecule has 0 atom stereocenters. The zero-order valence-electron chi connectivity index (χ0n) is 17.0. The first-order valence-electron chi connectivity index (χ1n) is 10.1. The van der Waals surface area contributed by atoms with Crippen molar-refractivity contribution in [2.75, 3.05) is 37.4 Å². The van der Waals surface area contributed by atoms with Crippen LogP contribution in [0.25, 0.3) is 0 Å². The molecule has 0 aromatic heterocycles. The van der Waals surface area contributed by atoms with E-state index in [1.54, 1.807) is 7.11 Å². The Hall–Kier alpha value is -2.37. The Balaban J connectivity index is 1.54. The van der Waals surface area contributed by atoms with Gasteiger partial charge in [-0.1, -0.05) is 29.8 Å². The number of methoxy groups -OCH3 is 1. The van der Waals surface area contributed by atoms with E-state index in [1.165, 1.54) is 29.5 Å². The number of nitrogens with one attached hydrogen (secondary N) is 2. The average molecular weight is 382 g/mol. The molecule has 2 amide bonds. The fraction of sp³-hybridized carbons (Fsp3) is 0.435. The van der Waals surface area contributed by atoms with Crippen LogP contribution < -0.4 is 10.6 Å². The molecule has 0 radical (unpaired) electrons. The number of carbonyl (C=O) groups is 1. The monoisotopic (exact) mass is 381 g/mol. The number of carbonyl (C=O) groups excluding carboxylic acids is 1. The second-order valence-electron chi connectivity index (χ2n) is 7.47. The summed E-state index contributed by atoms with van der Waals surface area (Å²) in [5, 5.41) is 5.94. The third-order valence-electron chi connectivity index (χ3n) is 5.23. The molecule has 5 nitrogen and oxygen atoms in total. The fourth-order valence-corrected chi connectivity index (χ4v) is 3.66. The maximum atomic E-state index is 12.4. The number of benzene rings is 2. The Morgan fingerprint density at radius 1 is 1.07 bits per heavy atom. The second kappa shape index (κ2) is 10.2. The van der Waals surface area contributed by atoms with Crippen LogP contribution in [0, 0.1) is 6.92 Å². The number of aryl methyl sites for hydroxylation is 1. The summed E-state index contributed by atoms with van der Waals surface area (Å²) in [4.78, 5) is 14.9. The normalized spacial score (nSPS) is 13.8. The topological polar surface area (TPSA) is 53.6 Å². The van der Waals surface area contributed by atoms with E-state index in [0.29, 0.717) is 0 Å². The molecule has 2 aromatic rings. The summed E-state index contributed by atoms with van der Waals surface area (Å²) in [6.45, 7) is 5.99. The van der Waals surface area contributed by atoms with Crippen LogP contribution in [-0.2, 0) is 17.7 Å². The van der Waals surface area contributed by atoms with Crippen LogP contribution in [0.3, 0.4) is 0 Å². The molecule has 0 fully saturated rings. The Kier molecular flexibility index (Phi) is 7.46. The molecule has 0 spiro atoms. The van der Waals surface area contributed by atoms with Crippen LogP contribution >= 0.6 is 0 Å². The Morgan fingerprint density at radius 3 is 2.68 bits per heavy atom. The van der Waals surface area contributed by atoms with E-state index < -0.39 is 0 Å². The number of hydrogen-bond donors (Lipinski definition) is 2. The summed E-state index contributed by atoms with van der Waals surface area (Å²) < 4.78 is 5.11. The maximum absolute atomic E-state index is 12.4. The molecule has 1 aliphatic rings. The van der Waals surface area contributed by atoms with E-state index in [2.05, 4.69) is 21.6 Å². The van der Waals surface area contributed by atoms with Crippen molar-refractivity contribution in [3.63, 3.8) is 0 Å². The summed E-state index contributed by atoms with van der Waals surface area (Å²) in [7, 11) is 1.76. The van der Waals surface area contributed by atoms with Gasteiger partial charge in [0.15, 0.2) is 0 Å². The number of amides is 2. The highest BCUT2D eigenvalue weighted by atomic mass is 16.5. The molecular weight excluding hydrogens is 350 g/mol. The predicted octanol–water partition coefficient (Wildman–Crippen LogP) is 4.81. The van der Waals surface area contributed by atoms with Crippen molar-refractivity contribution < 1.29 is 9.53 Å². The summed E-state index contributed by atoms with van der Waals surface area (Å²) >= 11 is 0. The van der Waals surface area contributed by atoms with Crippen molar-refractivity contribution in [3.05, 3.63) is 59.2 Å². The number of anilines is 2. The van der Waals surface area contributed by atoms with E-state index in [4.69, 9.17) is 4.74 Å².